The number of aromatic hydroxyl groups is 1. The number of allylic oxidation sites excluding steroid dienone is 2. The second-order valence-corrected chi connectivity index (χ2v) is 13.2. The van der Waals surface area contributed by atoms with E-state index in [0.29, 0.717) is 18.5 Å². The van der Waals surface area contributed by atoms with E-state index in [1.54, 1.807) is 0 Å². The molecular weight excluding hydrogens is 672 g/mol. The van der Waals surface area contributed by atoms with Crippen molar-refractivity contribution in [3.63, 3.8) is 0 Å². The normalized spacial score (nSPS) is 11.1. The molecule has 9 nitrogen and oxygen atoms in total. The predicted molar refractivity (Wildman–Crippen MR) is 192 cm³/mol. The molecule has 10 heteroatoms. The number of methoxy groups -OCH3 is 2. The van der Waals surface area contributed by atoms with Crippen molar-refractivity contribution in [2.24, 2.45) is 0 Å². The molecule has 3 aromatic rings. The van der Waals surface area contributed by atoms with Gasteiger partial charge in [0.15, 0.2) is 0 Å². The zero-order chi connectivity index (χ0) is 36.5. The van der Waals surface area contributed by atoms with Gasteiger partial charge in [0, 0.05) is 18.4 Å². The molecule has 0 fully saturated rings. The van der Waals surface area contributed by atoms with E-state index in [4.69, 9.17) is 8.31 Å². The zero-order valence-corrected chi connectivity index (χ0v) is 33.9. The van der Waals surface area contributed by atoms with Gasteiger partial charge in [0.25, 0.3) is 0 Å². The van der Waals surface area contributed by atoms with E-state index in [9.17, 15) is 14.7 Å². The molecule has 1 aromatic heterocycles. The molecule has 268 valence electrons. The maximum atomic E-state index is 11.5. The summed E-state index contributed by atoms with van der Waals surface area (Å²) in [6, 6.07) is 11.3. The number of fused-ring (bicyclic) bond motifs is 1. The van der Waals surface area contributed by atoms with Crippen LogP contribution in [0, 0.1) is 0 Å². The molecule has 0 aliphatic carbocycles. The van der Waals surface area contributed by atoms with Gasteiger partial charge in [0.1, 0.15) is 22.5 Å². The van der Waals surface area contributed by atoms with Gasteiger partial charge in [-0.15, -0.1) is 15.0 Å². The summed E-state index contributed by atoms with van der Waals surface area (Å²) >= 11 is 0.125. The number of hydrogen-bond acceptors (Lipinski definition) is 8. The Morgan fingerprint density at radius 2 is 1.27 bits per heavy atom. The summed E-state index contributed by atoms with van der Waals surface area (Å²) in [5.74, 6) is -0.186. The van der Waals surface area contributed by atoms with Gasteiger partial charge in [-0.05, 0) is 67.7 Å². The number of nitrogens with zero attached hydrogens (tertiary/aromatic N) is 3. The molecule has 1 heterocycles. The third-order valence-corrected chi connectivity index (χ3v) is 8.18. The van der Waals surface area contributed by atoms with Crippen molar-refractivity contribution in [2.75, 3.05) is 14.2 Å². The number of esters is 2. The average molecular weight is 731 g/mol. The fraction of sp³-hybridized carbons (Fsp3) is 0.590. The van der Waals surface area contributed by atoms with E-state index in [1.807, 2.05) is 57.2 Å². The molecule has 1 N–H and O–H groups in total. The number of carbonyl (C=O) groups is 2. The molecule has 0 atom stereocenters. The van der Waals surface area contributed by atoms with Crippen molar-refractivity contribution in [2.45, 2.75) is 136 Å². The second kappa shape index (κ2) is 25.7. The number of carbonyl (C=O) groups excluding carboxylic acids is 2. The number of aryl methyl sites for hydroxylation is 1. The topological polar surface area (TPSA) is 121 Å². The Morgan fingerprint density at radius 1 is 0.776 bits per heavy atom. The molecule has 49 heavy (non-hydrogen) atoms. The van der Waals surface area contributed by atoms with Crippen LogP contribution in [0.5, 0.6) is 5.75 Å². The minimum atomic E-state index is -0.271. The van der Waals surface area contributed by atoms with Gasteiger partial charge in [-0.25, -0.2) is 0 Å². The van der Waals surface area contributed by atoms with Gasteiger partial charge in [-0.1, -0.05) is 109 Å². The zero-order valence-electron chi connectivity index (χ0n) is 31.0. The number of rotatable bonds is 19. The Morgan fingerprint density at radius 3 is 1.78 bits per heavy atom. The van der Waals surface area contributed by atoms with Crippen LogP contribution in [0.3, 0.4) is 0 Å². The molecule has 0 unspecified atom stereocenters. The standard InChI is InChI=1S/C20H23N3O3.C19H36O2.O.Zn/c1-20(2,3)14-11-13(9-10-18(24)26-4)12-17(19(14)25)23-21-15-7-5-6-8-16(15)22-23;1-3-4-5-6-7-8-9-10-11-12-13-14-15-16-17-18-19(20)21-2;;/h5-8,11-12,25H,9-10H2,1-4H3;9-10H,3-8,11-18H2,1-2H3;;/b;10-9-;;. The third kappa shape index (κ3) is 17.8. The van der Waals surface area contributed by atoms with Crippen LogP contribution in [0.2, 0.25) is 0 Å². The fourth-order valence-electron chi connectivity index (χ4n) is 5.30. The number of aromatic nitrogens is 3. The molecule has 0 radical (unpaired) electrons. The summed E-state index contributed by atoms with van der Waals surface area (Å²) in [4.78, 5) is 23.9. The van der Waals surface area contributed by atoms with Crippen molar-refractivity contribution in [1.82, 2.24) is 15.0 Å². The minimum absolute atomic E-state index is 0.0742. The van der Waals surface area contributed by atoms with E-state index in [2.05, 4.69) is 34.0 Å². The number of phenolic OH excluding ortho intramolecular Hbond substituents is 1. The van der Waals surface area contributed by atoms with Crippen molar-refractivity contribution in [3.05, 3.63) is 59.7 Å². The molecule has 0 amide bonds. The van der Waals surface area contributed by atoms with Crippen LogP contribution in [0.25, 0.3) is 16.7 Å². The van der Waals surface area contributed by atoms with Crippen molar-refractivity contribution in [1.29, 1.82) is 0 Å². The van der Waals surface area contributed by atoms with Gasteiger partial charge in [0.2, 0.25) is 0 Å². The monoisotopic (exact) mass is 729 g/mol. The Labute approximate surface area is 304 Å². The van der Waals surface area contributed by atoms with Crippen LogP contribution < -0.4 is 0 Å². The van der Waals surface area contributed by atoms with Crippen molar-refractivity contribution < 1.29 is 46.0 Å². The summed E-state index contributed by atoms with van der Waals surface area (Å²) in [7, 11) is 2.84. The van der Waals surface area contributed by atoms with E-state index < -0.39 is 0 Å². The second-order valence-electron chi connectivity index (χ2n) is 13.2. The number of benzene rings is 2. The number of phenols is 1. The molecule has 0 spiro atoms. The molecule has 0 saturated carbocycles. The molecule has 2 aromatic carbocycles. The van der Waals surface area contributed by atoms with E-state index in [-0.39, 0.29) is 47.8 Å². The first-order valence-corrected chi connectivity index (χ1v) is 19.1. The van der Waals surface area contributed by atoms with Gasteiger partial charge < -0.3 is 14.6 Å². The molecule has 0 bridgehead atoms. The number of ether oxygens (including phenoxy) is 2. The first kappa shape index (κ1) is 43.8. The third-order valence-electron chi connectivity index (χ3n) is 8.18. The van der Waals surface area contributed by atoms with Crippen LogP contribution >= 0.6 is 0 Å². The maximum absolute atomic E-state index is 11.5. The molecule has 0 saturated heterocycles. The fourth-order valence-corrected chi connectivity index (χ4v) is 5.30. The van der Waals surface area contributed by atoms with E-state index in [1.165, 1.54) is 89.6 Å². The van der Waals surface area contributed by atoms with Crippen LogP contribution in [0.15, 0.2) is 48.6 Å². The predicted octanol–water partition coefficient (Wildman–Crippen LogP) is 9.60. The van der Waals surface area contributed by atoms with Gasteiger partial charge in [-0.2, -0.15) is 0 Å². The van der Waals surface area contributed by atoms with Crippen LogP contribution in [-0.2, 0) is 52.7 Å². The van der Waals surface area contributed by atoms with Crippen LogP contribution in [0.4, 0.5) is 0 Å². The Hall–Kier alpha value is -3.26. The first-order chi connectivity index (χ1) is 23.6. The van der Waals surface area contributed by atoms with Gasteiger partial charge in [-0.3, -0.25) is 9.59 Å². The molecule has 0 aliphatic heterocycles. The van der Waals surface area contributed by atoms with Crippen LogP contribution in [-0.4, -0.2) is 46.3 Å². The average Bonchev–Trinajstić information content (AvgIpc) is 3.54. The quantitative estimate of drug-likeness (QED) is 0.0560. The summed E-state index contributed by atoms with van der Waals surface area (Å²) < 4.78 is 17.7. The Bertz CT molecular complexity index is 1370. The van der Waals surface area contributed by atoms with Crippen molar-refractivity contribution >= 4 is 23.0 Å². The number of unbranched alkanes of at least 4 members (excludes halogenated alkanes) is 11. The summed E-state index contributed by atoms with van der Waals surface area (Å²) in [5, 5.41) is 19.8. The Kier molecular flexibility index (Phi) is 22.9. The van der Waals surface area contributed by atoms with Gasteiger partial charge >= 0.3 is 33.8 Å². The molecule has 3 rings (SSSR count). The number of hydrogen-bond donors (Lipinski definition) is 1. The van der Waals surface area contributed by atoms with Crippen LogP contribution in [0.1, 0.15) is 135 Å². The van der Waals surface area contributed by atoms with E-state index in [0.717, 1.165) is 35.0 Å². The van der Waals surface area contributed by atoms with Gasteiger partial charge in [0.05, 0.1) is 14.2 Å². The molecular formula is C39H59N3O6Zn. The summed E-state index contributed by atoms with van der Waals surface area (Å²) in [6.07, 6.45) is 22.8. The summed E-state index contributed by atoms with van der Waals surface area (Å²) in [6.45, 7) is 8.36. The first-order valence-electron chi connectivity index (χ1n) is 17.9. The van der Waals surface area contributed by atoms with Crippen molar-refractivity contribution in [3.8, 4) is 11.4 Å². The van der Waals surface area contributed by atoms with E-state index >= 15 is 0 Å². The SMILES string of the molecule is CCCCCCC/C=C\CCCCCCCCC(=O)OC.COC(=O)CCc1cc(-n2nc3ccccc3n2)c(O)c(C(C)(C)C)c1.[O]=[Zn]. The molecule has 0 aliphatic rings. The summed E-state index contributed by atoms with van der Waals surface area (Å²) in [5.41, 5.74) is 3.46. The Balaban J connectivity index is 0.000000478.